The number of carbonyl (C=O) groups excluding carboxylic acids is 1. The largest absolute Gasteiger partial charge is 0.469 e. The van der Waals surface area contributed by atoms with Crippen LogP contribution in [0.15, 0.2) is 48.5 Å². The number of benzene rings is 2. The summed E-state index contributed by atoms with van der Waals surface area (Å²) in [6, 6.07) is 16.8. The van der Waals surface area contributed by atoms with Crippen molar-refractivity contribution in [2.24, 2.45) is 7.05 Å². The average Bonchev–Trinajstić information content (AvgIpc) is 2.85. The highest BCUT2D eigenvalue weighted by Gasteiger charge is 2.25. The Bertz CT molecular complexity index is 875. The first-order chi connectivity index (χ1) is 11.5. The van der Waals surface area contributed by atoms with Crippen LogP contribution in [0.5, 0.6) is 0 Å². The molecule has 1 aromatic heterocycles. The van der Waals surface area contributed by atoms with Gasteiger partial charge >= 0.3 is 5.97 Å². The molecule has 0 amide bonds. The second kappa shape index (κ2) is 6.52. The minimum absolute atomic E-state index is 0.0100. The zero-order valence-corrected chi connectivity index (χ0v) is 14.7. The fourth-order valence-electron chi connectivity index (χ4n) is 3.43. The molecule has 2 aromatic carbocycles. The van der Waals surface area contributed by atoms with Crippen LogP contribution in [0.3, 0.4) is 0 Å². The van der Waals surface area contributed by atoms with Crippen molar-refractivity contribution < 1.29 is 9.53 Å². The predicted octanol–water partition coefficient (Wildman–Crippen LogP) is 4.49. The van der Waals surface area contributed by atoms with Gasteiger partial charge in [-0.05, 0) is 31.0 Å². The number of hydrogen-bond donors (Lipinski definition) is 0. The molecule has 0 bridgehead atoms. The summed E-state index contributed by atoms with van der Waals surface area (Å²) in [6.45, 7) is 4.19. The van der Waals surface area contributed by atoms with Crippen LogP contribution >= 0.6 is 0 Å². The normalized spacial score (nSPS) is 12.3. The monoisotopic (exact) mass is 321 g/mol. The van der Waals surface area contributed by atoms with E-state index in [1.165, 1.54) is 34.8 Å². The van der Waals surface area contributed by atoms with E-state index in [1.807, 2.05) is 6.07 Å². The molecule has 24 heavy (non-hydrogen) atoms. The van der Waals surface area contributed by atoms with Crippen molar-refractivity contribution in [1.29, 1.82) is 0 Å². The first-order valence-corrected chi connectivity index (χ1v) is 8.20. The summed E-state index contributed by atoms with van der Waals surface area (Å²) in [5.41, 5.74) is 5.94. The Morgan fingerprint density at radius 1 is 1.08 bits per heavy atom. The summed E-state index contributed by atoms with van der Waals surface area (Å²) in [5, 5.41) is 1.20. The van der Waals surface area contributed by atoms with E-state index >= 15 is 0 Å². The Morgan fingerprint density at radius 2 is 1.75 bits per heavy atom. The van der Waals surface area contributed by atoms with Crippen LogP contribution in [0.2, 0.25) is 0 Å². The van der Waals surface area contributed by atoms with Crippen LogP contribution in [-0.4, -0.2) is 17.6 Å². The van der Waals surface area contributed by atoms with E-state index < -0.39 is 0 Å². The molecule has 3 aromatic rings. The Morgan fingerprint density at radius 3 is 2.42 bits per heavy atom. The van der Waals surface area contributed by atoms with Crippen LogP contribution in [0.4, 0.5) is 0 Å². The summed E-state index contributed by atoms with van der Waals surface area (Å²) in [6.07, 6.45) is 0.342. The van der Waals surface area contributed by atoms with Gasteiger partial charge in [0.2, 0.25) is 0 Å². The lowest BCUT2D eigenvalue weighted by molar-refractivity contribution is -0.140. The van der Waals surface area contributed by atoms with Crippen molar-refractivity contribution in [3.05, 3.63) is 70.9 Å². The van der Waals surface area contributed by atoms with Gasteiger partial charge in [-0.1, -0.05) is 48.0 Å². The topological polar surface area (TPSA) is 31.2 Å². The molecule has 3 heteroatoms. The fourth-order valence-corrected chi connectivity index (χ4v) is 3.43. The molecule has 1 unspecified atom stereocenters. The summed E-state index contributed by atoms with van der Waals surface area (Å²) in [4.78, 5) is 12.1. The second-order valence-corrected chi connectivity index (χ2v) is 6.32. The van der Waals surface area contributed by atoms with E-state index in [9.17, 15) is 4.79 Å². The number of methoxy groups -OCH3 is 1. The van der Waals surface area contributed by atoms with Gasteiger partial charge in [0.25, 0.3) is 0 Å². The highest BCUT2D eigenvalue weighted by molar-refractivity contribution is 5.87. The second-order valence-electron chi connectivity index (χ2n) is 6.32. The van der Waals surface area contributed by atoms with Crippen LogP contribution < -0.4 is 0 Å². The molecule has 1 heterocycles. The lowest BCUT2D eigenvalue weighted by Gasteiger charge is -2.18. The summed E-state index contributed by atoms with van der Waals surface area (Å²) < 4.78 is 7.16. The SMILES string of the molecule is COC(=O)CC(c1ccc(C)cc1)c1c(C)n(C)c2ccccc12. The number of aromatic nitrogens is 1. The van der Waals surface area contributed by atoms with E-state index in [-0.39, 0.29) is 11.9 Å². The number of carbonyl (C=O) groups is 1. The molecule has 0 saturated carbocycles. The van der Waals surface area contributed by atoms with Gasteiger partial charge in [-0.25, -0.2) is 0 Å². The molecule has 1 atom stereocenters. The third-order valence-electron chi connectivity index (χ3n) is 4.88. The minimum Gasteiger partial charge on any atom is -0.469 e. The van der Waals surface area contributed by atoms with Crippen LogP contribution in [-0.2, 0) is 16.6 Å². The highest BCUT2D eigenvalue weighted by Crippen LogP contribution is 2.37. The van der Waals surface area contributed by atoms with E-state index in [4.69, 9.17) is 4.74 Å². The molecular formula is C21H23NO2. The number of aryl methyl sites for hydroxylation is 2. The minimum atomic E-state index is -0.187. The van der Waals surface area contributed by atoms with E-state index in [2.05, 4.69) is 67.9 Å². The first kappa shape index (κ1) is 16.3. The molecule has 0 aliphatic heterocycles. The van der Waals surface area contributed by atoms with Gasteiger partial charge in [0.15, 0.2) is 0 Å². The smallest absolute Gasteiger partial charge is 0.306 e. The Hall–Kier alpha value is -2.55. The maximum absolute atomic E-state index is 12.1. The standard InChI is InChI=1S/C21H23NO2/c1-14-9-11-16(12-10-14)18(13-20(23)24-4)21-15(2)22(3)19-8-6-5-7-17(19)21/h5-12,18H,13H2,1-4H3. The van der Waals surface area contributed by atoms with Crippen molar-refractivity contribution in [3.8, 4) is 0 Å². The van der Waals surface area contributed by atoms with Crippen molar-refractivity contribution in [3.63, 3.8) is 0 Å². The third-order valence-corrected chi connectivity index (χ3v) is 4.88. The van der Waals surface area contributed by atoms with Crippen LogP contribution in [0.1, 0.15) is 34.7 Å². The lowest BCUT2D eigenvalue weighted by atomic mass is 9.86. The Balaban J connectivity index is 2.20. The van der Waals surface area contributed by atoms with Crippen molar-refractivity contribution >= 4 is 16.9 Å². The van der Waals surface area contributed by atoms with Crippen LogP contribution in [0, 0.1) is 13.8 Å². The van der Waals surface area contributed by atoms with Crippen molar-refractivity contribution in [2.45, 2.75) is 26.2 Å². The maximum Gasteiger partial charge on any atom is 0.306 e. The van der Waals surface area contributed by atoms with Gasteiger partial charge in [0.05, 0.1) is 13.5 Å². The van der Waals surface area contributed by atoms with E-state index in [0.717, 1.165) is 5.56 Å². The molecule has 0 aliphatic carbocycles. The van der Waals surface area contributed by atoms with E-state index in [0.29, 0.717) is 6.42 Å². The Labute approximate surface area is 142 Å². The van der Waals surface area contributed by atoms with Crippen molar-refractivity contribution in [1.82, 2.24) is 4.57 Å². The number of nitrogens with zero attached hydrogens (tertiary/aromatic N) is 1. The molecule has 0 fully saturated rings. The number of esters is 1. The zero-order chi connectivity index (χ0) is 17.3. The van der Waals surface area contributed by atoms with Gasteiger partial charge in [0.1, 0.15) is 0 Å². The van der Waals surface area contributed by atoms with Gasteiger partial charge in [-0.15, -0.1) is 0 Å². The number of fused-ring (bicyclic) bond motifs is 1. The maximum atomic E-state index is 12.1. The molecule has 3 nitrogen and oxygen atoms in total. The summed E-state index contributed by atoms with van der Waals surface area (Å²) >= 11 is 0. The van der Waals surface area contributed by atoms with E-state index in [1.54, 1.807) is 0 Å². The molecule has 124 valence electrons. The lowest BCUT2D eigenvalue weighted by Crippen LogP contribution is -2.11. The first-order valence-electron chi connectivity index (χ1n) is 8.20. The molecule has 0 N–H and O–H groups in total. The van der Waals surface area contributed by atoms with Gasteiger partial charge < -0.3 is 9.30 Å². The number of para-hydroxylation sites is 1. The summed E-state index contributed by atoms with van der Waals surface area (Å²) in [7, 11) is 3.52. The van der Waals surface area contributed by atoms with Gasteiger partial charge in [0, 0.05) is 29.6 Å². The zero-order valence-electron chi connectivity index (χ0n) is 14.7. The van der Waals surface area contributed by atoms with Gasteiger partial charge in [-0.3, -0.25) is 4.79 Å². The summed E-state index contributed by atoms with van der Waals surface area (Å²) in [5.74, 6) is -0.197. The predicted molar refractivity (Wildman–Crippen MR) is 97.3 cm³/mol. The Kier molecular flexibility index (Phi) is 4.43. The molecule has 0 saturated heterocycles. The molecule has 0 aliphatic rings. The average molecular weight is 321 g/mol. The molecule has 0 radical (unpaired) electrons. The number of hydrogen-bond acceptors (Lipinski definition) is 2. The molecular weight excluding hydrogens is 298 g/mol. The number of ether oxygens (including phenoxy) is 1. The van der Waals surface area contributed by atoms with Gasteiger partial charge in [-0.2, -0.15) is 0 Å². The molecule has 0 spiro atoms. The highest BCUT2D eigenvalue weighted by atomic mass is 16.5. The fraction of sp³-hybridized carbons (Fsp3) is 0.286. The quantitative estimate of drug-likeness (QED) is 0.663. The van der Waals surface area contributed by atoms with Crippen LogP contribution in [0.25, 0.3) is 10.9 Å². The number of rotatable bonds is 4. The third kappa shape index (κ3) is 2.82. The molecule has 3 rings (SSSR count). The van der Waals surface area contributed by atoms with Crippen molar-refractivity contribution in [2.75, 3.05) is 7.11 Å².